The molecule has 1 aromatic rings. The Morgan fingerprint density at radius 1 is 1.36 bits per heavy atom. The first-order valence-electron chi connectivity index (χ1n) is 7.78. The molecule has 0 spiro atoms. The van der Waals surface area contributed by atoms with Crippen molar-refractivity contribution >= 4 is 11.6 Å². The normalized spacial score (nSPS) is 23.6. The Labute approximate surface area is 129 Å². The zero-order valence-electron chi connectivity index (χ0n) is 12.4. The Bertz CT molecular complexity index is 546. The van der Waals surface area contributed by atoms with Crippen LogP contribution in [0.15, 0.2) is 18.2 Å². The average Bonchev–Trinajstić information content (AvgIpc) is 3.04. The van der Waals surface area contributed by atoms with E-state index in [9.17, 15) is 14.3 Å². The van der Waals surface area contributed by atoms with Gasteiger partial charge in [-0.3, -0.25) is 9.69 Å². The van der Waals surface area contributed by atoms with Crippen LogP contribution in [0.5, 0.6) is 5.75 Å². The molecule has 2 aliphatic rings. The molecule has 1 saturated carbocycles. The summed E-state index contributed by atoms with van der Waals surface area (Å²) in [6, 6.07) is 3.74. The van der Waals surface area contributed by atoms with Gasteiger partial charge in [-0.15, -0.1) is 0 Å². The largest absolute Gasteiger partial charge is 0.508 e. The summed E-state index contributed by atoms with van der Waals surface area (Å²) in [5.41, 5.74) is 0.0831. The molecule has 5 nitrogen and oxygen atoms in total. The summed E-state index contributed by atoms with van der Waals surface area (Å²) in [5.74, 6) is -1.06. The van der Waals surface area contributed by atoms with E-state index < -0.39 is 5.82 Å². The molecule has 1 atom stereocenters. The van der Waals surface area contributed by atoms with Gasteiger partial charge in [0.25, 0.3) is 0 Å². The van der Waals surface area contributed by atoms with Crippen LogP contribution in [0.2, 0.25) is 0 Å². The summed E-state index contributed by atoms with van der Waals surface area (Å²) in [6.45, 7) is 1.71. The van der Waals surface area contributed by atoms with E-state index in [1.165, 1.54) is 25.0 Å². The number of phenols is 1. The van der Waals surface area contributed by atoms with Crippen LogP contribution in [-0.4, -0.2) is 47.8 Å². The molecule has 1 aliphatic carbocycles. The smallest absolute Gasteiger partial charge is 0.244 e. The molecule has 6 heteroatoms. The van der Waals surface area contributed by atoms with Crippen LogP contribution in [0, 0.1) is 5.82 Å². The molecule has 1 aliphatic heterocycles. The van der Waals surface area contributed by atoms with Crippen molar-refractivity contribution in [2.45, 2.75) is 37.8 Å². The van der Waals surface area contributed by atoms with Gasteiger partial charge in [0.15, 0.2) is 0 Å². The average molecular weight is 308 g/mol. The highest BCUT2D eigenvalue weighted by Crippen LogP contribution is 2.27. The van der Waals surface area contributed by atoms with Crippen molar-refractivity contribution in [2.75, 3.05) is 25.1 Å². The lowest BCUT2D eigenvalue weighted by molar-refractivity contribution is -0.129. The van der Waals surface area contributed by atoms with E-state index in [0.717, 1.165) is 25.5 Å². The molecule has 1 saturated heterocycles. The monoisotopic (exact) mass is 308 g/mol. The van der Waals surface area contributed by atoms with Crippen LogP contribution in [0.1, 0.15) is 25.7 Å². The highest BCUT2D eigenvalue weighted by atomic mass is 19.1. The number of amides is 1. The Morgan fingerprint density at radius 2 is 2.14 bits per heavy atom. The van der Waals surface area contributed by atoms with Crippen LogP contribution >= 0.6 is 0 Å². The fourth-order valence-electron chi connectivity index (χ4n) is 3.34. The highest BCUT2D eigenvalue weighted by molar-refractivity contribution is 5.95. The minimum absolute atomic E-state index is 0.0831. The van der Waals surface area contributed by atoms with Crippen LogP contribution < -0.4 is 5.32 Å². The van der Waals surface area contributed by atoms with Crippen molar-refractivity contribution in [3.8, 4) is 5.75 Å². The molecule has 0 bridgehead atoms. The highest BCUT2D eigenvalue weighted by Gasteiger charge is 2.35. The quantitative estimate of drug-likeness (QED) is 0.840. The molecule has 2 N–H and O–H groups in total. The van der Waals surface area contributed by atoms with Gasteiger partial charge in [-0.05, 0) is 25.0 Å². The number of benzene rings is 1. The van der Waals surface area contributed by atoms with Crippen molar-refractivity contribution in [3.05, 3.63) is 24.0 Å². The molecule has 2 fully saturated rings. The SMILES string of the molecule is O=C(Nc1ccc(O)cc1F)C1COCCN1C1CCCC1. The van der Waals surface area contributed by atoms with E-state index >= 15 is 0 Å². The van der Waals surface area contributed by atoms with Gasteiger partial charge in [-0.2, -0.15) is 0 Å². The number of ether oxygens (including phenoxy) is 1. The van der Waals surface area contributed by atoms with E-state index in [-0.39, 0.29) is 23.4 Å². The molecule has 1 amide bonds. The van der Waals surface area contributed by atoms with Gasteiger partial charge in [-0.25, -0.2) is 4.39 Å². The van der Waals surface area contributed by atoms with Crippen molar-refractivity contribution < 1.29 is 19.0 Å². The minimum Gasteiger partial charge on any atom is -0.508 e. The van der Waals surface area contributed by atoms with Crippen molar-refractivity contribution in [1.82, 2.24) is 4.90 Å². The van der Waals surface area contributed by atoms with Crippen molar-refractivity contribution in [3.63, 3.8) is 0 Å². The summed E-state index contributed by atoms with van der Waals surface area (Å²) in [7, 11) is 0. The minimum atomic E-state index is -0.641. The first-order valence-corrected chi connectivity index (χ1v) is 7.78. The molecule has 1 heterocycles. The number of phenolic OH excluding ortho intramolecular Hbond substituents is 1. The second kappa shape index (κ2) is 6.62. The predicted molar refractivity (Wildman–Crippen MR) is 80.3 cm³/mol. The summed E-state index contributed by atoms with van der Waals surface area (Å²) < 4.78 is 19.2. The first kappa shape index (κ1) is 15.2. The molecule has 0 radical (unpaired) electrons. The third kappa shape index (κ3) is 3.23. The maximum atomic E-state index is 13.8. The van der Waals surface area contributed by atoms with Crippen LogP contribution in [0.3, 0.4) is 0 Å². The predicted octanol–water partition coefficient (Wildman–Crippen LogP) is 2.11. The van der Waals surface area contributed by atoms with Crippen molar-refractivity contribution in [1.29, 1.82) is 0 Å². The molecule has 1 aromatic carbocycles. The van der Waals surface area contributed by atoms with Crippen LogP contribution in [0.4, 0.5) is 10.1 Å². The summed E-state index contributed by atoms with van der Waals surface area (Å²) in [6.07, 6.45) is 4.61. The number of hydrogen-bond donors (Lipinski definition) is 2. The maximum Gasteiger partial charge on any atom is 0.244 e. The van der Waals surface area contributed by atoms with Gasteiger partial charge in [0.05, 0.1) is 18.9 Å². The standard InChI is InChI=1S/C16H21FN2O3/c17-13-9-12(20)5-6-14(13)18-16(21)15-10-22-8-7-19(15)11-3-1-2-4-11/h5-6,9,11,15,20H,1-4,7-8,10H2,(H,18,21). The number of carbonyl (C=O) groups excluding carboxylic acids is 1. The second-order valence-corrected chi connectivity index (χ2v) is 5.92. The lowest BCUT2D eigenvalue weighted by Crippen LogP contribution is -2.55. The summed E-state index contributed by atoms with van der Waals surface area (Å²) >= 11 is 0. The van der Waals surface area contributed by atoms with E-state index in [2.05, 4.69) is 10.2 Å². The van der Waals surface area contributed by atoms with Crippen molar-refractivity contribution in [2.24, 2.45) is 0 Å². The molecular formula is C16H21FN2O3. The number of halogens is 1. The fraction of sp³-hybridized carbons (Fsp3) is 0.562. The topological polar surface area (TPSA) is 61.8 Å². The molecule has 22 heavy (non-hydrogen) atoms. The molecular weight excluding hydrogens is 287 g/mol. The number of anilines is 1. The summed E-state index contributed by atoms with van der Waals surface area (Å²) in [4.78, 5) is 14.7. The molecule has 3 rings (SSSR count). The Hall–Kier alpha value is -1.66. The lowest BCUT2D eigenvalue weighted by Gasteiger charge is -2.38. The van der Waals surface area contributed by atoms with Gasteiger partial charge in [0, 0.05) is 18.7 Å². The Kier molecular flexibility index (Phi) is 4.59. The maximum absolute atomic E-state index is 13.8. The molecule has 120 valence electrons. The third-order valence-corrected chi connectivity index (χ3v) is 4.48. The zero-order chi connectivity index (χ0) is 15.5. The van der Waals surface area contributed by atoms with Gasteiger partial charge >= 0.3 is 0 Å². The van der Waals surface area contributed by atoms with E-state index in [1.807, 2.05) is 0 Å². The second-order valence-electron chi connectivity index (χ2n) is 5.92. The number of rotatable bonds is 3. The van der Waals surface area contributed by atoms with Crippen LogP contribution in [-0.2, 0) is 9.53 Å². The number of aromatic hydroxyl groups is 1. The molecule has 1 unspecified atom stereocenters. The third-order valence-electron chi connectivity index (χ3n) is 4.48. The molecule has 0 aromatic heterocycles. The Morgan fingerprint density at radius 3 is 2.86 bits per heavy atom. The van der Waals surface area contributed by atoms with Gasteiger partial charge < -0.3 is 15.2 Å². The van der Waals surface area contributed by atoms with E-state index in [4.69, 9.17) is 4.74 Å². The number of nitrogens with zero attached hydrogens (tertiary/aromatic N) is 1. The van der Waals surface area contributed by atoms with E-state index in [0.29, 0.717) is 19.3 Å². The lowest BCUT2D eigenvalue weighted by atomic mass is 10.1. The number of hydrogen-bond acceptors (Lipinski definition) is 4. The fourth-order valence-corrected chi connectivity index (χ4v) is 3.34. The Balaban J connectivity index is 1.71. The summed E-state index contributed by atoms with van der Waals surface area (Å²) in [5, 5.41) is 11.8. The zero-order valence-corrected chi connectivity index (χ0v) is 12.4. The van der Waals surface area contributed by atoms with Crippen LogP contribution in [0.25, 0.3) is 0 Å². The van der Waals surface area contributed by atoms with Gasteiger partial charge in [-0.1, -0.05) is 12.8 Å². The number of nitrogens with one attached hydrogen (secondary N) is 1. The van der Waals surface area contributed by atoms with E-state index in [1.54, 1.807) is 0 Å². The number of morpholine rings is 1. The van der Waals surface area contributed by atoms with Gasteiger partial charge in [0.2, 0.25) is 5.91 Å². The van der Waals surface area contributed by atoms with Gasteiger partial charge in [0.1, 0.15) is 17.6 Å². The first-order chi connectivity index (χ1) is 10.6. The number of carbonyl (C=O) groups is 1.